The summed E-state index contributed by atoms with van der Waals surface area (Å²) in [5.74, 6) is 0.540. The Bertz CT molecular complexity index is 524. The van der Waals surface area contributed by atoms with Crippen LogP contribution in [-0.2, 0) is 9.16 Å². The van der Waals surface area contributed by atoms with Crippen molar-refractivity contribution in [3.8, 4) is 0 Å². The Labute approximate surface area is 154 Å². The molecule has 2 rings (SSSR count). The van der Waals surface area contributed by atoms with Gasteiger partial charge in [0.2, 0.25) is 0 Å². The topological polar surface area (TPSA) is 47.6 Å². The Morgan fingerprint density at radius 2 is 1.92 bits per heavy atom. The van der Waals surface area contributed by atoms with E-state index in [2.05, 4.69) is 66.0 Å². The molecule has 0 saturated carbocycles. The van der Waals surface area contributed by atoms with Crippen molar-refractivity contribution in [3.05, 3.63) is 11.6 Å². The molecule has 0 bridgehead atoms. The van der Waals surface area contributed by atoms with Gasteiger partial charge in [-0.1, -0.05) is 54.0 Å². The van der Waals surface area contributed by atoms with Crippen molar-refractivity contribution in [1.29, 1.82) is 0 Å². The van der Waals surface area contributed by atoms with Gasteiger partial charge in [-0.25, -0.2) is 4.79 Å². The Kier molecular flexibility index (Phi) is 6.09. The number of carbonyl (C=O) groups is 1. The molecule has 5 heteroatoms. The lowest BCUT2D eigenvalue weighted by molar-refractivity contribution is 0.0691. The predicted octanol–water partition coefficient (Wildman–Crippen LogP) is 5.26. The average Bonchev–Trinajstić information content (AvgIpc) is 2.85. The van der Waals surface area contributed by atoms with E-state index in [4.69, 9.17) is 9.16 Å². The van der Waals surface area contributed by atoms with E-state index in [0.29, 0.717) is 5.92 Å². The largest absolute Gasteiger partial charge is 0.439 e. The number of fused-ring (bicyclic) bond motifs is 1. The Morgan fingerprint density at radius 1 is 1.28 bits per heavy atom. The second kappa shape index (κ2) is 7.43. The fourth-order valence-corrected chi connectivity index (χ4v) is 5.16. The molecule has 1 saturated heterocycles. The lowest BCUT2D eigenvalue weighted by Crippen LogP contribution is -2.51. The highest BCUT2D eigenvalue weighted by atomic mass is 28.4. The van der Waals surface area contributed by atoms with Crippen molar-refractivity contribution in [2.45, 2.75) is 97.2 Å². The molecule has 1 amide bonds. The summed E-state index contributed by atoms with van der Waals surface area (Å²) in [6.45, 7) is 18.1. The zero-order chi connectivity index (χ0) is 19.0. The van der Waals surface area contributed by atoms with Crippen molar-refractivity contribution in [2.75, 3.05) is 0 Å². The summed E-state index contributed by atoms with van der Waals surface area (Å²) in [7, 11) is -1.89. The summed E-state index contributed by atoms with van der Waals surface area (Å²) in [5.41, 5.74) is 1.27. The van der Waals surface area contributed by atoms with Crippen LogP contribution in [0.3, 0.4) is 0 Å². The van der Waals surface area contributed by atoms with Gasteiger partial charge in [0.15, 0.2) is 8.32 Å². The summed E-state index contributed by atoms with van der Waals surface area (Å²) in [5, 5.41) is 3.23. The molecule has 1 fully saturated rings. The summed E-state index contributed by atoms with van der Waals surface area (Å²) in [6.07, 6.45) is 5.28. The van der Waals surface area contributed by atoms with E-state index < -0.39 is 8.32 Å². The third kappa shape index (κ3) is 4.30. The Balaban J connectivity index is 2.32. The quantitative estimate of drug-likeness (QED) is 0.533. The summed E-state index contributed by atoms with van der Waals surface area (Å²) in [4.78, 5) is 11.9. The lowest BCUT2D eigenvalue weighted by Gasteiger charge is -2.43. The van der Waals surface area contributed by atoms with Crippen molar-refractivity contribution < 1.29 is 14.0 Å². The van der Waals surface area contributed by atoms with E-state index in [1.165, 1.54) is 5.57 Å². The molecule has 2 aliphatic rings. The molecule has 0 unspecified atom stereocenters. The first kappa shape index (κ1) is 20.5. The molecule has 4 nitrogen and oxygen atoms in total. The van der Waals surface area contributed by atoms with Gasteiger partial charge in [-0.2, -0.15) is 0 Å². The SMILES string of the molecule is CCCCC1=C[C@@H](C)[C@@H](O[Si](C)(C)C(C)(C)C)[C@@H](C)[C@@H]2NC(=O)O[C@H]12. The maximum absolute atomic E-state index is 11.9. The minimum Gasteiger partial charge on any atom is -0.439 e. The molecule has 144 valence electrons. The summed E-state index contributed by atoms with van der Waals surface area (Å²) in [6, 6.07) is 0.00956. The smallest absolute Gasteiger partial charge is 0.408 e. The highest BCUT2D eigenvalue weighted by Crippen LogP contribution is 2.42. The standard InChI is InChI=1S/C20H37NO3Si/c1-9-10-11-15-12-13(2)17(24-25(7,8)20(4,5)6)14(3)16-18(15)23-19(22)21-16/h12-14,16-18H,9-11H2,1-8H3,(H,21,22)/t13-,14+,16+,17-,18-/m1/s1. The zero-order valence-electron chi connectivity index (χ0n) is 17.3. The molecule has 25 heavy (non-hydrogen) atoms. The predicted molar refractivity (Wildman–Crippen MR) is 105 cm³/mol. The molecular weight excluding hydrogens is 330 g/mol. The third-order valence-corrected chi connectivity index (χ3v) is 10.8. The van der Waals surface area contributed by atoms with Crippen molar-refractivity contribution in [1.82, 2.24) is 5.32 Å². The van der Waals surface area contributed by atoms with Crippen molar-refractivity contribution >= 4 is 14.4 Å². The monoisotopic (exact) mass is 367 g/mol. The van der Waals surface area contributed by atoms with Crippen LogP contribution in [0.2, 0.25) is 18.1 Å². The second-order valence-corrected chi connectivity index (χ2v) is 14.2. The molecular formula is C20H37NO3Si. The molecule has 0 aromatic heterocycles. The number of unbranched alkanes of at least 4 members (excludes halogenated alkanes) is 1. The normalized spacial score (nSPS) is 33.2. The van der Waals surface area contributed by atoms with E-state index in [0.717, 1.165) is 19.3 Å². The van der Waals surface area contributed by atoms with Gasteiger partial charge >= 0.3 is 6.09 Å². The molecule has 5 atom stereocenters. The van der Waals surface area contributed by atoms with Crippen LogP contribution in [-0.4, -0.2) is 32.7 Å². The maximum atomic E-state index is 11.9. The van der Waals surface area contributed by atoms with Gasteiger partial charge in [-0.05, 0) is 42.5 Å². The number of ether oxygens (including phenoxy) is 1. The molecule has 0 spiro atoms. The fourth-order valence-electron chi connectivity index (χ4n) is 3.70. The lowest BCUT2D eigenvalue weighted by atomic mass is 9.88. The van der Waals surface area contributed by atoms with Crippen molar-refractivity contribution in [3.63, 3.8) is 0 Å². The number of hydrogen-bond donors (Lipinski definition) is 1. The van der Waals surface area contributed by atoms with Crippen LogP contribution in [0.1, 0.15) is 60.8 Å². The number of carbonyl (C=O) groups excluding carboxylic acids is 1. The molecule has 0 aromatic rings. The third-order valence-electron chi connectivity index (χ3n) is 6.35. The van der Waals surface area contributed by atoms with E-state index >= 15 is 0 Å². The molecule has 1 N–H and O–H groups in total. The molecule has 0 radical (unpaired) electrons. The highest BCUT2D eigenvalue weighted by Gasteiger charge is 2.48. The molecule has 1 heterocycles. The number of alkyl carbamates (subject to hydrolysis) is 1. The van der Waals surface area contributed by atoms with Crippen LogP contribution in [0.5, 0.6) is 0 Å². The number of rotatable bonds is 5. The first-order chi connectivity index (χ1) is 11.5. The van der Waals surface area contributed by atoms with Crippen LogP contribution in [0.15, 0.2) is 11.6 Å². The van der Waals surface area contributed by atoms with Gasteiger partial charge < -0.3 is 14.5 Å². The first-order valence-corrected chi connectivity index (χ1v) is 12.7. The van der Waals surface area contributed by atoms with Crippen LogP contribution in [0.25, 0.3) is 0 Å². The minimum atomic E-state index is -1.89. The van der Waals surface area contributed by atoms with Gasteiger partial charge in [0, 0.05) is 5.92 Å². The number of nitrogens with one attached hydrogen (secondary N) is 1. The van der Waals surface area contributed by atoms with Crippen LogP contribution in [0.4, 0.5) is 4.79 Å². The highest BCUT2D eigenvalue weighted by molar-refractivity contribution is 6.74. The van der Waals surface area contributed by atoms with E-state index in [9.17, 15) is 4.79 Å². The van der Waals surface area contributed by atoms with Gasteiger partial charge in [0.1, 0.15) is 6.10 Å². The number of amides is 1. The van der Waals surface area contributed by atoms with E-state index in [1.807, 2.05) is 0 Å². The zero-order valence-corrected chi connectivity index (χ0v) is 18.3. The van der Waals surface area contributed by atoms with Gasteiger partial charge in [-0.3, -0.25) is 0 Å². The van der Waals surface area contributed by atoms with Crippen LogP contribution >= 0.6 is 0 Å². The van der Waals surface area contributed by atoms with Gasteiger partial charge in [0.05, 0.1) is 12.1 Å². The van der Waals surface area contributed by atoms with Crippen LogP contribution in [0, 0.1) is 11.8 Å². The average molecular weight is 368 g/mol. The van der Waals surface area contributed by atoms with E-state index in [1.54, 1.807) is 0 Å². The molecule has 1 aliphatic carbocycles. The second-order valence-electron chi connectivity index (χ2n) is 9.40. The van der Waals surface area contributed by atoms with Crippen molar-refractivity contribution in [2.24, 2.45) is 11.8 Å². The number of hydrogen-bond acceptors (Lipinski definition) is 3. The maximum Gasteiger partial charge on any atom is 0.408 e. The minimum absolute atomic E-state index is 0.00956. The van der Waals surface area contributed by atoms with Gasteiger partial charge in [-0.15, -0.1) is 0 Å². The Hall–Kier alpha value is -0.813. The van der Waals surface area contributed by atoms with Crippen LogP contribution < -0.4 is 5.32 Å². The summed E-state index contributed by atoms with van der Waals surface area (Å²) >= 11 is 0. The summed E-state index contributed by atoms with van der Waals surface area (Å²) < 4.78 is 12.5. The first-order valence-electron chi connectivity index (χ1n) is 9.83. The Morgan fingerprint density at radius 3 is 2.48 bits per heavy atom. The van der Waals surface area contributed by atoms with E-state index in [-0.39, 0.29) is 35.3 Å². The molecule has 0 aromatic carbocycles. The molecule has 1 aliphatic heterocycles. The van der Waals surface area contributed by atoms with Gasteiger partial charge in [0.25, 0.3) is 0 Å². The fraction of sp³-hybridized carbons (Fsp3) is 0.850.